The number of nitrogens with zero attached hydrogens (tertiary/aromatic N) is 2. The van der Waals surface area contributed by atoms with Gasteiger partial charge >= 0.3 is 6.03 Å². The summed E-state index contributed by atoms with van der Waals surface area (Å²) in [7, 11) is 0. The third-order valence-electron chi connectivity index (χ3n) is 4.35. The highest BCUT2D eigenvalue weighted by atomic mass is 32.1. The number of carbonyl (C=O) groups is 1. The highest BCUT2D eigenvalue weighted by Gasteiger charge is 2.14. The standard InChI is InChI=1S/C22H22N4O2S2/c1-3-28-16-9-10-17-18(13-16)30-19(25-17)11-12-23-22(27)26-21-20(24-14(2)29-21)15-7-5-4-6-8-15/h4-10,13H,3,11-12H2,1-2H3,(H2,23,26,27). The van der Waals surface area contributed by atoms with Crippen molar-refractivity contribution in [3.63, 3.8) is 0 Å². The van der Waals surface area contributed by atoms with Gasteiger partial charge < -0.3 is 10.1 Å². The summed E-state index contributed by atoms with van der Waals surface area (Å²) in [6.07, 6.45) is 0.671. The minimum Gasteiger partial charge on any atom is -0.494 e. The molecular formula is C22H22N4O2S2. The number of benzene rings is 2. The monoisotopic (exact) mass is 438 g/mol. The summed E-state index contributed by atoms with van der Waals surface area (Å²) in [5, 5.41) is 8.49. The molecule has 0 saturated heterocycles. The first kappa shape index (κ1) is 20.3. The van der Waals surface area contributed by atoms with Crippen LogP contribution in [0.4, 0.5) is 9.80 Å². The normalized spacial score (nSPS) is 10.9. The molecule has 0 radical (unpaired) electrons. The number of rotatable bonds is 7. The topological polar surface area (TPSA) is 76.1 Å². The Morgan fingerprint density at radius 3 is 2.73 bits per heavy atom. The maximum absolute atomic E-state index is 12.4. The van der Waals surface area contributed by atoms with Crippen molar-refractivity contribution in [3.8, 4) is 17.0 Å². The zero-order valence-corrected chi connectivity index (χ0v) is 18.4. The molecule has 2 amide bonds. The van der Waals surface area contributed by atoms with Crippen LogP contribution in [0.1, 0.15) is 16.9 Å². The molecule has 0 saturated carbocycles. The molecule has 2 aromatic heterocycles. The molecule has 0 aliphatic heterocycles. The maximum Gasteiger partial charge on any atom is 0.319 e. The predicted octanol–water partition coefficient (Wildman–Crippen LogP) is 5.49. The van der Waals surface area contributed by atoms with Crippen LogP contribution in [-0.4, -0.2) is 29.2 Å². The van der Waals surface area contributed by atoms with Crippen molar-refractivity contribution in [1.29, 1.82) is 0 Å². The average molecular weight is 439 g/mol. The Balaban J connectivity index is 1.35. The maximum atomic E-state index is 12.4. The van der Waals surface area contributed by atoms with E-state index in [9.17, 15) is 4.79 Å². The number of aryl methyl sites for hydroxylation is 1. The molecule has 0 atom stereocenters. The van der Waals surface area contributed by atoms with Gasteiger partial charge in [-0.25, -0.2) is 14.8 Å². The Morgan fingerprint density at radius 1 is 1.10 bits per heavy atom. The Hall–Kier alpha value is -2.97. The molecule has 30 heavy (non-hydrogen) atoms. The second-order valence-electron chi connectivity index (χ2n) is 6.58. The van der Waals surface area contributed by atoms with Gasteiger partial charge in [0, 0.05) is 18.5 Å². The molecule has 154 valence electrons. The second kappa shape index (κ2) is 9.23. The smallest absolute Gasteiger partial charge is 0.319 e. The van der Waals surface area contributed by atoms with Gasteiger partial charge in [-0.15, -0.1) is 22.7 Å². The third kappa shape index (κ3) is 4.77. The summed E-state index contributed by atoms with van der Waals surface area (Å²) < 4.78 is 6.64. The molecular weight excluding hydrogens is 416 g/mol. The van der Waals surface area contributed by atoms with Crippen LogP contribution < -0.4 is 15.4 Å². The number of hydrogen-bond donors (Lipinski definition) is 2. The summed E-state index contributed by atoms with van der Waals surface area (Å²) in [5.41, 5.74) is 2.73. The number of carbonyl (C=O) groups excluding carboxylic acids is 1. The fraction of sp³-hybridized carbons (Fsp3) is 0.227. The van der Waals surface area contributed by atoms with E-state index in [1.165, 1.54) is 11.3 Å². The Bertz CT molecular complexity index is 1150. The van der Waals surface area contributed by atoms with E-state index >= 15 is 0 Å². The predicted molar refractivity (Wildman–Crippen MR) is 124 cm³/mol. The molecule has 2 aromatic carbocycles. The Labute approximate surface area is 183 Å². The largest absolute Gasteiger partial charge is 0.494 e. The molecule has 2 heterocycles. The third-order valence-corrected chi connectivity index (χ3v) is 6.31. The van der Waals surface area contributed by atoms with Crippen LogP contribution in [0.5, 0.6) is 5.75 Å². The van der Waals surface area contributed by atoms with E-state index in [-0.39, 0.29) is 6.03 Å². The summed E-state index contributed by atoms with van der Waals surface area (Å²) in [4.78, 5) is 21.6. The summed E-state index contributed by atoms with van der Waals surface area (Å²) in [5.74, 6) is 0.853. The SMILES string of the molecule is CCOc1ccc2nc(CCNC(=O)Nc3sc(C)nc3-c3ccccc3)sc2c1. The lowest BCUT2D eigenvalue weighted by atomic mass is 10.2. The van der Waals surface area contributed by atoms with Crippen molar-refractivity contribution in [2.24, 2.45) is 0 Å². The number of amides is 2. The molecule has 8 heteroatoms. The van der Waals surface area contributed by atoms with Crippen molar-refractivity contribution in [2.75, 3.05) is 18.5 Å². The van der Waals surface area contributed by atoms with Crippen molar-refractivity contribution < 1.29 is 9.53 Å². The van der Waals surface area contributed by atoms with Gasteiger partial charge in [0.05, 0.1) is 26.8 Å². The lowest BCUT2D eigenvalue weighted by molar-refractivity contribution is 0.252. The molecule has 4 aromatic rings. The van der Waals surface area contributed by atoms with Crippen LogP contribution >= 0.6 is 22.7 Å². The molecule has 2 N–H and O–H groups in total. The lowest BCUT2D eigenvalue weighted by Crippen LogP contribution is -2.30. The zero-order chi connectivity index (χ0) is 20.9. The summed E-state index contributed by atoms with van der Waals surface area (Å²) in [6, 6.07) is 15.5. The van der Waals surface area contributed by atoms with Crippen molar-refractivity contribution in [1.82, 2.24) is 15.3 Å². The fourth-order valence-corrected chi connectivity index (χ4v) is 4.88. The van der Waals surface area contributed by atoms with Crippen LogP contribution in [0.3, 0.4) is 0 Å². The van der Waals surface area contributed by atoms with E-state index in [0.717, 1.165) is 42.2 Å². The highest BCUT2D eigenvalue weighted by Crippen LogP contribution is 2.32. The number of ether oxygens (including phenoxy) is 1. The van der Waals surface area contributed by atoms with E-state index < -0.39 is 0 Å². The quantitative estimate of drug-likeness (QED) is 0.400. The molecule has 0 unspecified atom stereocenters. The first-order valence-electron chi connectivity index (χ1n) is 9.72. The van der Waals surface area contributed by atoms with Crippen molar-refractivity contribution in [2.45, 2.75) is 20.3 Å². The van der Waals surface area contributed by atoms with Crippen LogP contribution in [0.25, 0.3) is 21.5 Å². The average Bonchev–Trinajstić information content (AvgIpc) is 3.31. The van der Waals surface area contributed by atoms with E-state index in [4.69, 9.17) is 4.74 Å². The summed E-state index contributed by atoms with van der Waals surface area (Å²) >= 11 is 3.10. The lowest BCUT2D eigenvalue weighted by Gasteiger charge is -2.07. The number of hydrogen-bond acceptors (Lipinski definition) is 6. The fourth-order valence-electron chi connectivity index (χ4n) is 3.05. The van der Waals surface area contributed by atoms with Gasteiger partial charge in [0.1, 0.15) is 16.4 Å². The van der Waals surface area contributed by atoms with Gasteiger partial charge in [-0.1, -0.05) is 30.3 Å². The van der Waals surface area contributed by atoms with Crippen LogP contribution in [0.15, 0.2) is 48.5 Å². The van der Waals surface area contributed by atoms with Crippen molar-refractivity contribution in [3.05, 3.63) is 58.5 Å². The van der Waals surface area contributed by atoms with Gasteiger partial charge in [0.2, 0.25) is 0 Å². The van der Waals surface area contributed by atoms with Crippen LogP contribution in [-0.2, 0) is 6.42 Å². The first-order valence-corrected chi connectivity index (χ1v) is 11.4. The Kier molecular flexibility index (Phi) is 6.25. The van der Waals surface area contributed by atoms with Crippen molar-refractivity contribution >= 4 is 43.9 Å². The van der Waals surface area contributed by atoms with E-state index in [1.54, 1.807) is 11.3 Å². The molecule has 0 aliphatic rings. The second-order valence-corrected chi connectivity index (χ2v) is 8.90. The molecule has 0 spiro atoms. The number of nitrogens with one attached hydrogen (secondary N) is 2. The minimum atomic E-state index is -0.240. The van der Waals surface area contributed by atoms with E-state index in [0.29, 0.717) is 19.6 Å². The number of urea groups is 1. The Morgan fingerprint density at radius 2 is 1.93 bits per heavy atom. The summed E-state index contributed by atoms with van der Waals surface area (Å²) in [6.45, 7) is 5.05. The first-order chi connectivity index (χ1) is 14.6. The molecule has 0 aliphatic carbocycles. The molecule has 4 rings (SSSR count). The van der Waals surface area contributed by atoms with Gasteiger partial charge in [0.15, 0.2) is 0 Å². The number of thiazole rings is 2. The molecule has 0 fully saturated rings. The van der Waals surface area contributed by atoms with Gasteiger partial charge in [0.25, 0.3) is 0 Å². The van der Waals surface area contributed by atoms with Crippen LogP contribution in [0.2, 0.25) is 0 Å². The zero-order valence-electron chi connectivity index (χ0n) is 16.8. The number of fused-ring (bicyclic) bond motifs is 1. The number of anilines is 1. The van der Waals surface area contributed by atoms with Gasteiger partial charge in [-0.05, 0) is 32.0 Å². The van der Waals surface area contributed by atoms with E-state index in [1.807, 2.05) is 62.4 Å². The van der Waals surface area contributed by atoms with Gasteiger partial charge in [-0.3, -0.25) is 5.32 Å². The van der Waals surface area contributed by atoms with Gasteiger partial charge in [-0.2, -0.15) is 0 Å². The highest BCUT2D eigenvalue weighted by molar-refractivity contribution is 7.18. The molecule has 6 nitrogen and oxygen atoms in total. The van der Waals surface area contributed by atoms with E-state index in [2.05, 4.69) is 20.6 Å². The van der Waals surface area contributed by atoms with Crippen LogP contribution in [0, 0.1) is 6.92 Å². The number of aromatic nitrogens is 2. The minimum absolute atomic E-state index is 0.240. The molecule has 0 bridgehead atoms.